The lowest BCUT2D eigenvalue weighted by atomic mass is 9.49. The summed E-state index contributed by atoms with van der Waals surface area (Å²) in [5.74, 6) is 5.80. The highest BCUT2D eigenvalue weighted by atomic mass is 14.6. The lowest BCUT2D eigenvalue weighted by Gasteiger charge is -2.56. The van der Waals surface area contributed by atoms with Gasteiger partial charge in [0.1, 0.15) is 0 Å². The zero-order valence-corrected chi connectivity index (χ0v) is 18.9. The van der Waals surface area contributed by atoms with E-state index in [2.05, 4.69) is 65.5 Å². The van der Waals surface area contributed by atoms with Crippen LogP contribution in [-0.4, -0.2) is 5.71 Å². The van der Waals surface area contributed by atoms with E-state index in [0.29, 0.717) is 11.3 Å². The Labute approximate surface area is 180 Å². The van der Waals surface area contributed by atoms with E-state index in [1.165, 1.54) is 32.1 Å². The Morgan fingerprint density at radius 3 is 2.38 bits per heavy atom. The maximum Gasteiger partial charge on any atom is 0.0313 e. The fourth-order valence-electron chi connectivity index (χ4n) is 7.17. The molecule has 29 heavy (non-hydrogen) atoms. The van der Waals surface area contributed by atoms with Gasteiger partial charge in [-0.05, 0) is 91.4 Å². The van der Waals surface area contributed by atoms with Gasteiger partial charge in [-0.25, -0.2) is 0 Å². The first-order valence-electron chi connectivity index (χ1n) is 11.3. The average molecular weight is 392 g/mol. The van der Waals surface area contributed by atoms with E-state index in [1.807, 2.05) is 0 Å². The predicted molar refractivity (Wildman–Crippen MR) is 128 cm³/mol. The Kier molecular flexibility index (Phi) is 7.93. The third kappa shape index (κ3) is 4.23. The number of nitrogens with one attached hydrogen (secondary N) is 1. The van der Waals surface area contributed by atoms with Crippen molar-refractivity contribution in [1.29, 1.82) is 5.41 Å². The van der Waals surface area contributed by atoms with Gasteiger partial charge in [-0.2, -0.15) is 0 Å². The number of allylic oxidation sites excluding steroid dienone is 5. The van der Waals surface area contributed by atoms with Gasteiger partial charge in [-0.15, -0.1) is 19.4 Å². The Hall–Kier alpha value is -1.81. The van der Waals surface area contributed by atoms with Crippen molar-refractivity contribution in [3.63, 3.8) is 0 Å². The number of fused-ring (bicyclic) bond motifs is 5. The fraction of sp³-hybridized carbons (Fsp3) is 0.607. The highest BCUT2D eigenvalue weighted by Crippen LogP contribution is 2.66. The van der Waals surface area contributed by atoms with Gasteiger partial charge in [0.2, 0.25) is 0 Å². The van der Waals surface area contributed by atoms with E-state index >= 15 is 0 Å². The molecule has 0 heterocycles. The monoisotopic (exact) mass is 391 g/mol. The number of hydrogen-bond acceptors (Lipinski definition) is 1. The summed E-state index contributed by atoms with van der Waals surface area (Å²) in [6.07, 6.45) is 23.5. The van der Waals surface area contributed by atoms with Gasteiger partial charge in [0.05, 0.1) is 0 Å². The van der Waals surface area contributed by atoms with Crippen molar-refractivity contribution in [3.05, 3.63) is 49.6 Å². The van der Waals surface area contributed by atoms with Crippen molar-refractivity contribution in [1.82, 2.24) is 0 Å². The number of hydrogen-bond donors (Lipinski definition) is 1. The summed E-state index contributed by atoms with van der Waals surface area (Å²) in [4.78, 5) is 0. The Bertz CT molecular complexity index is 674. The van der Waals surface area contributed by atoms with E-state index in [1.54, 1.807) is 17.7 Å². The molecule has 3 fully saturated rings. The number of terminal acetylenes is 1. The van der Waals surface area contributed by atoms with Crippen LogP contribution in [-0.2, 0) is 0 Å². The molecule has 0 saturated heterocycles. The maximum atomic E-state index is 8.07. The van der Waals surface area contributed by atoms with Crippen molar-refractivity contribution >= 4 is 5.71 Å². The first-order chi connectivity index (χ1) is 13.9. The Morgan fingerprint density at radius 2 is 1.79 bits per heavy atom. The largest absolute Gasteiger partial charge is 0.305 e. The second-order valence-electron chi connectivity index (χ2n) is 9.86. The molecule has 0 amide bonds. The van der Waals surface area contributed by atoms with Gasteiger partial charge in [0.25, 0.3) is 0 Å². The minimum atomic E-state index is 0.560. The molecule has 4 aliphatic rings. The van der Waals surface area contributed by atoms with Crippen LogP contribution >= 0.6 is 0 Å². The van der Waals surface area contributed by atoms with Crippen molar-refractivity contribution in [2.45, 2.75) is 59.3 Å². The van der Waals surface area contributed by atoms with Gasteiger partial charge >= 0.3 is 0 Å². The molecule has 0 aromatic carbocycles. The van der Waals surface area contributed by atoms with Gasteiger partial charge in [-0.3, -0.25) is 0 Å². The topological polar surface area (TPSA) is 23.9 Å². The molecule has 0 radical (unpaired) electrons. The Morgan fingerprint density at radius 1 is 1.14 bits per heavy atom. The summed E-state index contributed by atoms with van der Waals surface area (Å²) in [6.45, 7) is 18.6. The van der Waals surface area contributed by atoms with E-state index in [9.17, 15) is 0 Å². The zero-order chi connectivity index (χ0) is 21.8. The number of rotatable bonds is 2. The third-order valence-electron chi connectivity index (χ3n) is 8.85. The third-order valence-corrected chi connectivity index (χ3v) is 8.85. The predicted octanol–water partition coefficient (Wildman–Crippen LogP) is 7.48. The standard InChI is InChI=1S/C22H33N.C4H6.C2H2/c1-5-15-11-16-12-17(23)6-7-18(16)19-8-9-22(4)14(3)13(2)10-20(22)21(15)19;1-3-4-2;1-2/h5,12-15,18-21,23H,1,6-11H2,2-4H3;3-4H,1-2H2;1-2H. The molecule has 0 aromatic heterocycles. The van der Waals surface area contributed by atoms with E-state index < -0.39 is 0 Å². The Balaban J connectivity index is 0.000000449. The molecule has 3 saturated carbocycles. The first-order valence-corrected chi connectivity index (χ1v) is 11.3. The smallest absolute Gasteiger partial charge is 0.0313 e. The van der Waals surface area contributed by atoms with Crippen LogP contribution in [0.2, 0.25) is 0 Å². The molecule has 0 aliphatic heterocycles. The van der Waals surface area contributed by atoms with E-state index in [0.717, 1.165) is 47.6 Å². The summed E-state index contributed by atoms with van der Waals surface area (Å²) >= 11 is 0. The summed E-state index contributed by atoms with van der Waals surface area (Å²) < 4.78 is 0. The van der Waals surface area contributed by atoms with Crippen LogP contribution in [0.1, 0.15) is 59.3 Å². The SMILES string of the molecule is C#C.C=CC1CC2=CC(=N)CCC2C2CCC3(C)C(C)C(C)CC3C12.C=CC=C. The van der Waals surface area contributed by atoms with Crippen molar-refractivity contribution < 1.29 is 0 Å². The van der Waals surface area contributed by atoms with Gasteiger partial charge in [-0.1, -0.05) is 57.7 Å². The van der Waals surface area contributed by atoms with Crippen LogP contribution in [0.15, 0.2) is 49.6 Å². The minimum absolute atomic E-state index is 0.560. The van der Waals surface area contributed by atoms with Crippen molar-refractivity contribution in [3.8, 4) is 12.8 Å². The molecule has 1 heteroatoms. The van der Waals surface area contributed by atoms with Crippen LogP contribution < -0.4 is 0 Å². The van der Waals surface area contributed by atoms with Crippen molar-refractivity contribution in [2.75, 3.05) is 0 Å². The van der Waals surface area contributed by atoms with Gasteiger partial charge in [0, 0.05) is 5.71 Å². The molecule has 8 unspecified atom stereocenters. The van der Waals surface area contributed by atoms with Crippen LogP contribution in [0.25, 0.3) is 0 Å². The summed E-state index contributed by atoms with van der Waals surface area (Å²) in [5.41, 5.74) is 3.01. The molecular formula is C28H41N. The summed E-state index contributed by atoms with van der Waals surface area (Å²) in [7, 11) is 0. The quantitative estimate of drug-likeness (QED) is 0.286. The summed E-state index contributed by atoms with van der Waals surface area (Å²) in [5, 5.41) is 8.07. The minimum Gasteiger partial charge on any atom is -0.305 e. The van der Waals surface area contributed by atoms with E-state index in [-0.39, 0.29) is 0 Å². The van der Waals surface area contributed by atoms with Gasteiger partial charge in [0.15, 0.2) is 0 Å². The highest BCUT2D eigenvalue weighted by Gasteiger charge is 2.58. The molecular weight excluding hydrogens is 350 g/mol. The fourth-order valence-corrected chi connectivity index (χ4v) is 7.17. The summed E-state index contributed by atoms with van der Waals surface area (Å²) in [6, 6.07) is 0. The molecule has 158 valence electrons. The van der Waals surface area contributed by atoms with E-state index in [4.69, 9.17) is 5.41 Å². The second-order valence-corrected chi connectivity index (χ2v) is 9.86. The first kappa shape index (κ1) is 23.5. The van der Waals surface area contributed by atoms with Crippen molar-refractivity contribution in [2.24, 2.45) is 46.8 Å². The normalized spacial score (nSPS) is 42.2. The van der Waals surface area contributed by atoms with Crippen LogP contribution in [0.3, 0.4) is 0 Å². The second kappa shape index (κ2) is 9.80. The molecule has 8 atom stereocenters. The van der Waals surface area contributed by atoms with Crippen LogP contribution in [0.4, 0.5) is 0 Å². The van der Waals surface area contributed by atoms with Gasteiger partial charge < -0.3 is 5.41 Å². The molecule has 4 aliphatic carbocycles. The molecule has 0 aromatic rings. The molecule has 4 rings (SSSR count). The van der Waals surface area contributed by atoms with Crippen LogP contribution in [0.5, 0.6) is 0 Å². The lowest BCUT2D eigenvalue weighted by Crippen LogP contribution is -2.49. The lowest BCUT2D eigenvalue weighted by molar-refractivity contribution is -0.0358. The average Bonchev–Trinajstić information content (AvgIpc) is 2.98. The molecule has 1 nitrogen and oxygen atoms in total. The van der Waals surface area contributed by atoms with Crippen LogP contribution in [0, 0.1) is 65.1 Å². The molecule has 1 N–H and O–H groups in total. The zero-order valence-electron chi connectivity index (χ0n) is 18.9. The molecule has 0 spiro atoms. The molecule has 0 bridgehead atoms. The maximum absolute atomic E-state index is 8.07. The highest BCUT2D eigenvalue weighted by molar-refractivity contribution is 5.93.